The predicted molar refractivity (Wildman–Crippen MR) is 64.8 cm³/mol. The summed E-state index contributed by atoms with van der Waals surface area (Å²) in [5.41, 5.74) is 0.823. The molecule has 0 aliphatic rings. The second kappa shape index (κ2) is 7.51. The summed E-state index contributed by atoms with van der Waals surface area (Å²) in [5, 5.41) is 3.09. The van der Waals surface area contributed by atoms with Crippen molar-refractivity contribution < 1.29 is 18.3 Å². The zero-order valence-electron chi connectivity index (χ0n) is 10.1. The molecule has 1 aromatic carbocycles. The molecule has 0 aliphatic carbocycles. The van der Waals surface area contributed by atoms with E-state index in [0.717, 1.165) is 5.56 Å². The summed E-state index contributed by atoms with van der Waals surface area (Å²) in [6, 6.07) is 4.89. The first kappa shape index (κ1) is 14.3. The minimum Gasteiger partial charge on any atom is -0.493 e. The van der Waals surface area contributed by atoms with E-state index in [1.165, 1.54) is 13.2 Å². The fourth-order valence-corrected chi connectivity index (χ4v) is 1.41. The lowest BCUT2D eigenvalue weighted by molar-refractivity contribution is -0.0512. The Labute approximate surface area is 105 Å². The molecule has 0 heterocycles. The van der Waals surface area contributed by atoms with Crippen LogP contribution >= 0.6 is 0 Å². The van der Waals surface area contributed by atoms with Crippen LogP contribution < -0.4 is 14.8 Å². The van der Waals surface area contributed by atoms with Gasteiger partial charge >= 0.3 is 6.61 Å². The Bertz CT molecular complexity index is 416. The second-order valence-corrected chi connectivity index (χ2v) is 3.49. The molecule has 0 aliphatic heterocycles. The first-order valence-electron chi connectivity index (χ1n) is 5.43. The average molecular weight is 255 g/mol. The first-order valence-corrected chi connectivity index (χ1v) is 5.43. The van der Waals surface area contributed by atoms with Gasteiger partial charge in [-0.2, -0.15) is 8.78 Å². The molecule has 5 heteroatoms. The van der Waals surface area contributed by atoms with Crippen molar-refractivity contribution in [3.8, 4) is 23.8 Å². The van der Waals surface area contributed by atoms with Crippen LogP contribution in [0.3, 0.4) is 0 Å². The Morgan fingerprint density at radius 2 is 2.17 bits per heavy atom. The maximum atomic E-state index is 12.2. The van der Waals surface area contributed by atoms with E-state index >= 15 is 0 Å². The molecule has 1 aromatic rings. The van der Waals surface area contributed by atoms with Gasteiger partial charge in [-0.15, -0.1) is 12.3 Å². The van der Waals surface area contributed by atoms with Gasteiger partial charge in [0, 0.05) is 19.5 Å². The van der Waals surface area contributed by atoms with Crippen molar-refractivity contribution in [2.75, 3.05) is 13.7 Å². The Balaban J connectivity index is 2.67. The summed E-state index contributed by atoms with van der Waals surface area (Å²) in [6.45, 7) is -1.66. The Kier molecular flexibility index (Phi) is 5.95. The van der Waals surface area contributed by atoms with Gasteiger partial charge < -0.3 is 14.8 Å². The largest absolute Gasteiger partial charge is 0.493 e. The maximum absolute atomic E-state index is 12.2. The van der Waals surface area contributed by atoms with Crippen LogP contribution in [-0.2, 0) is 6.54 Å². The molecule has 1 rings (SSSR count). The maximum Gasteiger partial charge on any atom is 0.387 e. The molecule has 0 atom stereocenters. The molecule has 1 N–H and O–H groups in total. The van der Waals surface area contributed by atoms with Crippen LogP contribution in [0.1, 0.15) is 12.0 Å². The number of benzene rings is 1. The van der Waals surface area contributed by atoms with Crippen LogP contribution in [0, 0.1) is 12.3 Å². The van der Waals surface area contributed by atoms with Gasteiger partial charge in [0.15, 0.2) is 11.5 Å². The van der Waals surface area contributed by atoms with Crippen LogP contribution in [0.4, 0.5) is 8.78 Å². The third kappa shape index (κ3) is 4.60. The molecule has 3 nitrogen and oxygen atoms in total. The summed E-state index contributed by atoms with van der Waals surface area (Å²) in [7, 11) is 1.40. The van der Waals surface area contributed by atoms with Crippen LogP contribution in [0.15, 0.2) is 18.2 Å². The third-order valence-electron chi connectivity index (χ3n) is 2.22. The molecule has 0 spiro atoms. The number of hydrogen-bond acceptors (Lipinski definition) is 3. The minimum atomic E-state index is -2.87. The predicted octanol–water partition coefficient (Wildman–Crippen LogP) is 2.41. The highest BCUT2D eigenvalue weighted by Crippen LogP contribution is 2.29. The Morgan fingerprint density at radius 3 is 2.78 bits per heavy atom. The van der Waals surface area contributed by atoms with Crippen molar-refractivity contribution >= 4 is 0 Å². The molecule has 0 radical (unpaired) electrons. The first-order chi connectivity index (χ1) is 8.67. The van der Waals surface area contributed by atoms with Crippen molar-refractivity contribution in [3.63, 3.8) is 0 Å². The van der Waals surface area contributed by atoms with Gasteiger partial charge in [-0.25, -0.2) is 0 Å². The molecule has 18 heavy (non-hydrogen) atoms. The monoisotopic (exact) mass is 255 g/mol. The van der Waals surface area contributed by atoms with Gasteiger partial charge in [-0.1, -0.05) is 6.07 Å². The molecular weight excluding hydrogens is 240 g/mol. The number of nitrogens with one attached hydrogen (secondary N) is 1. The lowest BCUT2D eigenvalue weighted by Crippen LogP contribution is -2.14. The third-order valence-corrected chi connectivity index (χ3v) is 2.22. The van der Waals surface area contributed by atoms with Crippen molar-refractivity contribution in [3.05, 3.63) is 23.8 Å². The number of hydrogen-bond donors (Lipinski definition) is 1. The smallest absolute Gasteiger partial charge is 0.387 e. The zero-order valence-corrected chi connectivity index (χ0v) is 10.1. The summed E-state index contributed by atoms with van der Waals surface area (Å²) in [5.74, 6) is 2.81. The molecule has 0 amide bonds. The molecular formula is C13H15F2NO2. The summed E-state index contributed by atoms with van der Waals surface area (Å²) < 4.78 is 33.7. The number of alkyl halides is 2. The van der Waals surface area contributed by atoms with E-state index in [2.05, 4.69) is 16.0 Å². The summed E-state index contributed by atoms with van der Waals surface area (Å²) in [4.78, 5) is 0. The van der Waals surface area contributed by atoms with Crippen LogP contribution in [0.5, 0.6) is 11.5 Å². The normalized spacial score (nSPS) is 10.2. The molecule has 0 bridgehead atoms. The van der Waals surface area contributed by atoms with Gasteiger partial charge in [0.05, 0.1) is 7.11 Å². The van der Waals surface area contributed by atoms with Gasteiger partial charge in [0.25, 0.3) is 0 Å². The SMILES string of the molecule is C#CCCNCc1ccc(OC)c(OC(F)F)c1. The Hall–Kier alpha value is -1.80. The van der Waals surface area contributed by atoms with Crippen LogP contribution in [0.25, 0.3) is 0 Å². The number of methoxy groups -OCH3 is 1. The number of ether oxygens (including phenoxy) is 2. The van der Waals surface area contributed by atoms with E-state index in [0.29, 0.717) is 19.5 Å². The number of rotatable bonds is 7. The minimum absolute atomic E-state index is 0.0312. The summed E-state index contributed by atoms with van der Waals surface area (Å²) in [6.07, 6.45) is 5.74. The van der Waals surface area contributed by atoms with Crippen molar-refractivity contribution in [2.24, 2.45) is 0 Å². The van der Waals surface area contributed by atoms with E-state index in [9.17, 15) is 8.78 Å². The second-order valence-electron chi connectivity index (χ2n) is 3.49. The van der Waals surface area contributed by atoms with Crippen molar-refractivity contribution in [1.82, 2.24) is 5.32 Å². The highest BCUT2D eigenvalue weighted by Gasteiger charge is 2.10. The highest BCUT2D eigenvalue weighted by atomic mass is 19.3. The quantitative estimate of drug-likeness (QED) is 0.599. The average Bonchev–Trinajstić information content (AvgIpc) is 2.34. The van der Waals surface area contributed by atoms with E-state index in [4.69, 9.17) is 11.2 Å². The summed E-state index contributed by atoms with van der Waals surface area (Å²) >= 11 is 0. The number of halogens is 2. The molecule has 0 saturated heterocycles. The molecule has 0 saturated carbocycles. The standard InChI is InChI=1S/C13H15F2NO2/c1-3-4-7-16-9-10-5-6-11(17-2)12(8-10)18-13(14)15/h1,5-6,8,13,16H,4,7,9H2,2H3. The van der Waals surface area contributed by atoms with Gasteiger partial charge in [-0.05, 0) is 17.7 Å². The topological polar surface area (TPSA) is 30.5 Å². The fraction of sp³-hybridized carbons (Fsp3) is 0.385. The van der Waals surface area contributed by atoms with Crippen molar-refractivity contribution in [2.45, 2.75) is 19.6 Å². The fourth-order valence-electron chi connectivity index (χ4n) is 1.41. The van der Waals surface area contributed by atoms with Gasteiger partial charge in [-0.3, -0.25) is 0 Å². The molecule has 98 valence electrons. The van der Waals surface area contributed by atoms with E-state index in [1.54, 1.807) is 12.1 Å². The zero-order chi connectivity index (χ0) is 13.4. The van der Waals surface area contributed by atoms with Crippen molar-refractivity contribution in [1.29, 1.82) is 0 Å². The Morgan fingerprint density at radius 1 is 1.39 bits per heavy atom. The van der Waals surface area contributed by atoms with Crippen LogP contribution in [-0.4, -0.2) is 20.3 Å². The molecule has 0 fully saturated rings. The lowest BCUT2D eigenvalue weighted by Gasteiger charge is -2.11. The van der Waals surface area contributed by atoms with Crippen LogP contribution in [0.2, 0.25) is 0 Å². The molecule has 0 aromatic heterocycles. The van der Waals surface area contributed by atoms with E-state index in [1.807, 2.05) is 0 Å². The lowest BCUT2D eigenvalue weighted by atomic mass is 10.2. The molecule has 0 unspecified atom stereocenters. The highest BCUT2D eigenvalue weighted by molar-refractivity contribution is 5.42. The van der Waals surface area contributed by atoms with Gasteiger partial charge in [0.1, 0.15) is 0 Å². The number of terminal acetylenes is 1. The van der Waals surface area contributed by atoms with E-state index in [-0.39, 0.29) is 11.5 Å². The van der Waals surface area contributed by atoms with Gasteiger partial charge in [0.2, 0.25) is 0 Å². The van der Waals surface area contributed by atoms with E-state index < -0.39 is 6.61 Å².